The molecule has 32 heavy (non-hydrogen) atoms. The molecule has 1 amide bonds. The van der Waals surface area contributed by atoms with Crippen molar-refractivity contribution >= 4 is 28.6 Å². The van der Waals surface area contributed by atoms with Gasteiger partial charge in [-0.1, -0.05) is 30.0 Å². The van der Waals surface area contributed by atoms with E-state index in [1.54, 1.807) is 41.0 Å². The second kappa shape index (κ2) is 9.83. The van der Waals surface area contributed by atoms with E-state index in [0.29, 0.717) is 46.1 Å². The van der Waals surface area contributed by atoms with Crippen molar-refractivity contribution in [1.82, 2.24) is 14.9 Å². The van der Waals surface area contributed by atoms with Gasteiger partial charge in [0, 0.05) is 24.0 Å². The number of fused-ring (bicyclic) bond motifs is 1. The maximum atomic E-state index is 14.1. The first-order valence-corrected chi connectivity index (χ1v) is 11.7. The topological polar surface area (TPSA) is 73.2 Å². The van der Waals surface area contributed by atoms with Crippen LogP contribution < -0.4 is 10.9 Å². The number of ether oxygens (including phenoxy) is 1. The highest BCUT2D eigenvalue weighted by atomic mass is 32.2. The summed E-state index contributed by atoms with van der Waals surface area (Å²) in [5.74, 6) is -0.168. The Kier molecular flexibility index (Phi) is 6.91. The number of carbonyl (C=O) groups is 1. The van der Waals surface area contributed by atoms with Crippen molar-refractivity contribution in [2.75, 3.05) is 6.61 Å². The summed E-state index contributed by atoms with van der Waals surface area (Å²) in [5.41, 5.74) is 1.25. The maximum absolute atomic E-state index is 14.1. The zero-order valence-electron chi connectivity index (χ0n) is 18.1. The molecule has 2 aromatic carbocycles. The fourth-order valence-electron chi connectivity index (χ4n) is 3.71. The van der Waals surface area contributed by atoms with E-state index in [9.17, 15) is 14.0 Å². The zero-order valence-corrected chi connectivity index (χ0v) is 19.0. The van der Waals surface area contributed by atoms with Crippen molar-refractivity contribution < 1.29 is 13.9 Å². The fourth-order valence-corrected chi connectivity index (χ4v) is 4.70. The first-order valence-electron chi connectivity index (χ1n) is 10.8. The van der Waals surface area contributed by atoms with Crippen LogP contribution in [0, 0.1) is 5.82 Å². The quantitative estimate of drug-likeness (QED) is 0.428. The maximum Gasteiger partial charge on any atom is 0.262 e. The van der Waals surface area contributed by atoms with Gasteiger partial charge >= 0.3 is 0 Å². The molecule has 4 rings (SSSR count). The molecule has 6 nitrogen and oxygen atoms in total. The minimum absolute atomic E-state index is 0.00236. The highest BCUT2D eigenvalue weighted by molar-refractivity contribution is 7.98. The normalized spacial score (nSPS) is 16.1. The minimum Gasteiger partial charge on any atom is -0.376 e. The van der Waals surface area contributed by atoms with Crippen molar-refractivity contribution in [1.29, 1.82) is 0 Å². The number of aromatic nitrogens is 2. The summed E-state index contributed by atoms with van der Waals surface area (Å²) in [6.45, 7) is 4.86. The molecule has 1 fully saturated rings. The van der Waals surface area contributed by atoms with Crippen LogP contribution in [0.3, 0.4) is 0 Å². The average Bonchev–Trinajstić information content (AvgIpc) is 3.28. The second-order valence-electron chi connectivity index (χ2n) is 8.19. The molecule has 1 aromatic heterocycles. The molecule has 1 aliphatic heterocycles. The molecule has 8 heteroatoms. The van der Waals surface area contributed by atoms with E-state index in [0.717, 1.165) is 12.8 Å². The molecule has 168 valence electrons. The van der Waals surface area contributed by atoms with Gasteiger partial charge in [0.25, 0.3) is 11.5 Å². The fraction of sp³-hybridized carbons (Fsp3) is 0.375. The Morgan fingerprint density at radius 3 is 2.84 bits per heavy atom. The summed E-state index contributed by atoms with van der Waals surface area (Å²) < 4.78 is 21.5. The summed E-state index contributed by atoms with van der Waals surface area (Å²) in [7, 11) is 0. The van der Waals surface area contributed by atoms with Crippen LogP contribution >= 0.6 is 11.8 Å². The number of hydrogen-bond acceptors (Lipinski definition) is 5. The molecular weight excluding hydrogens is 429 g/mol. The van der Waals surface area contributed by atoms with Gasteiger partial charge in [-0.05, 0) is 56.5 Å². The highest BCUT2D eigenvalue weighted by Crippen LogP contribution is 2.25. The third-order valence-electron chi connectivity index (χ3n) is 5.33. The molecule has 0 bridgehead atoms. The van der Waals surface area contributed by atoms with E-state index in [2.05, 4.69) is 5.32 Å². The van der Waals surface area contributed by atoms with Gasteiger partial charge in [0.15, 0.2) is 5.16 Å². The summed E-state index contributed by atoms with van der Waals surface area (Å²) in [4.78, 5) is 30.5. The molecule has 1 atom stereocenters. The average molecular weight is 456 g/mol. The van der Waals surface area contributed by atoms with Crippen molar-refractivity contribution in [3.8, 4) is 0 Å². The number of benzene rings is 2. The van der Waals surface area contributed by atoms with E-state index < -0.39 is 0 Å². The summed E-state index contributed by atoms with van der Waals surface area (Å²) in [6.07, 6.45) is 1.80. The van der Waals surface area contributed by atoms with E-state index in [-0.39, 0.29) is 29.4 Å². The molecule has 1 aliphatic rings. The lowest BCUT2D eigenvalue weighted by molar-refractivity contribution is 0.0937. The zero-order chi connectivity index (χ0) is 22.7. The van der Waals surface area contributed by atoms with Crippen LogP contribution in [-0.2, 0) is 17.0 Å². The van der Waals surface area contributed by atoms with Crippen LogP contribution in [0.25, 0.3) is 10.9 Å². The van der Waals surface area contributed by atoms with E-state index >= 15 is 0 Å². The summed E-state index contributed by atoms with van der Waals surface area (Å²) in [5, 5.41) is 3.78. The predicted molar refractivity (Wildman–Crippen MR) is 124 cm³/mol. The van der Waals surface area contributed by atoms with Gasteiger partial charge in [-0.3, -0.25) is 14.2 Å². The van der Waals surface area contributed by atoms with Crippen LogP contribution in [0.4, 0.5) is 4.39 Å². The SMILES string of the molecule is CC(C)NC(=O)c1ccc2c(=O)n(CC3CCCO3)c(SCc3ccccc3F)nc2c1. The van der Waals surface area contributed by atoms with Gasteiger partial charge in [-0.15, -0.1) is 0 Å². The molecule has 1 unspecified atom stereocenters. The van der Waals surface area contributed by atoms with Crippen molar-refractivity contribution in [3.05, 3.63) is 69.8 Å². The predicted octanol–water partition coefficient (Wildman–Crippen LogP) is 4.15. The van der Waals surface area contributed by atoms with E-state index in [1.165, 1.54) is 17.8 Å². The number of nitrogens with one attached hydrogen (secondary N) is 1. The highest BCUT2D eigenvalue weighted by Gasteiger charge is 2.21. The molecule has 3 aromatic rings. The van der Waals surface area contributed by atoms with Crippen molar-refractivity contribution in [2.45, 2.75) is 56.3 Å². The smallest absolute Gasteiger partial charge is 0.262 e. The molecule has 2 heterocycles. The second-order valence-corrected chi connectivity index (χ2v) is 9.13. The molecular formula is C24H26FN3O3S. The van der Waals surface area contributed by atoms with Gasteiger partial charge in [0.2, 0.25) is 0 Å². The number of thioether (sulfide) groups is 1. The first kappa shape index (κ1) is 22.5. The number of halogens is 1. The van der Waals surface area contributed by atoms with Crippen LogP contribution in [0.1, 0.15) is 42.6 Å². The largest absolute Gasteiger partial charge is 0.376 e. The molecule has 0 aliphatic carbocycles. The Morgan fingerprint density at radius 1 is 1.31 bits per heavy atom. The Bertz CT molecular complexity index is 1190. The number of amides is 1. The van der Waals surface area contributed by atoms with Crippen LogP contribution in [0.5, 0.6) is 0 Å². The van der Waals surface area contributed by atoms with Crippen LogP contribution in [0.2, 0.25) is 0 Å². The number of hydrogen-bond donors (Lipinski definition) is 1. The van der Waals surface area contributed by atoms with Gasteiger partial charge in [-0.2, -0.15) is 0 Å². The van der Waals surface area contributed by atoms with E-state index in [4.69, 9.17) is 9.72 Å². The van der Waals surface area contributed by atoms with Gasteiger partial charge in [0.05, 0.1) is 23.6 Å². The lowest BCUT2D eigenvalue weighted by Crippen LogP contribution is -2.31. The minimum atomic E-state index is -0.290. The summed E-state index contributed by atoms with van der Waals surface area (Å²) in [6, 6.07) is 11.5. The van der Waals surface area contributed by atoms with Gasteiger partial charge in [0.1, 0.15) is 5.82 Å². The van der Waals surface area contributed by atoms with Crippen LogP contribution in [-0.4, -0.2) is 34.2 Å². The molecule has 0 radical (unpaired) electrons. The third kappa shape index (κ3) is 5.02. The summed E-state index contributed by atoms with van der Waals surface area (Å²) >= 11 is 1.31. The van der Waals surface area contributed by atoms with Gasteiger partial charge < -0.3 is 10.1 Å². The number of nitrogens with zero attached hydrogens (tertiary/aromatic N) is 2. The standard InChI is InChI=1S/C24H26FN3O3S/c1-15(2)26-22(29)16-9-10-19-21(12-16)27-24(32-14-17-6-3-4-8-20(17)25)28(23(19)30)13-18-7-5-11-31-18/h3-4,6,8-10,12,15,18H,5,7,11,13-14H2,1-2H3,(H,26,29). The number of rotatable bonds is 7. The molecule has 1 N–H and O–H groups in total. The monoisotopic (exact) mass is 455 g/mol. The van der Waals surface area contributed by atoms with Crippen LogP contribution in [0.15, 0.2) is 52.4 Å². The lowest BCUT2D eigenvalue weighted by atomic mass is 10.1. The van der Waals surface area contributed by atoms with Crippen molar-refractivity contribution in [2.24, 2.45) is 0 Å². The Balaban J connectivity index is 1.73. The molecule has 0 spiro atoms. The molecule has 0 saturated carbocycles. The first-order chi connectivity index (χ1) is 15.4. The lowest BCUT2D eigenvalue weighted by Gasteiger charge is -2.17. The number of carbonyl (C=O) groups excluding carboxylic acids is 1. The Labute approximate surface area is 190 Å². The Morgan fingerprint density at radius 2 is 2.12 bits per heavy atom. The third-order valence-corrected chi connectivity index (χ3v) is 6.35. The molecule has 1 saturated heterocycles. The van der Waals surface area contributed by atoms with Crippen molar-refractivity contribution in [3.63, 3.8) is 0 Å². The van der Waals surface area contributed by atoms with E-state index in [1.807, 2.05) is 13.8 Å². The Hall–Kier alpha value is -2.71. The van der Waals surface area contributed by atoms with Gasteiger partial charge in [-0.25, -0.2) is 9.37 Å².